The van der Waals surface area contributed by atoms with Crippen molar-refractivity contribution in [2.45, 2.75) is 64.5 Å². The first-order valence-corrected chi connectivity index (χ1v) is 7.01. The molecule has 0 aromatic heterocycles. The molecule has 2 atom stereocenters. The molecular weight excluding hydrogens is 210 g/mol. The highest BCUT2D eigenvalue weighted by molar-refractivity contribution is 5.05. The maximum absolute atomic E-state index is 9.33. The van der Waals surface area contributed by atoms with Gasteiger partial charge in [0.05, 0.1) is 6.07 Å². The minimum Gasteiger partial charge on any atom is -0.301 e. The summed E-state index contributed by atoms with van der Waals surface area (Å²) in [5.74, 6) is 0. The number of likely N-dealkylation sites (tertiary alicyclic amines) is 1. The molecule has 0 aliphatic carbocycles. The Morgan fingerprint density at radius 3 is 2.53 bits per heavy atom. The van der Waals surface area contributed by atoms with Crippen LogP contribution < -0.4 is 5.32 Å². The summed E-state index contributed by atoms with van der Waals surface area (Å²) in [7, 11) is 0. The Labute approximate surface area is 106 Å². The van der Waals surface area contributed by atoms with Crippen molar-refractivity contribution in [1.82, 2.24) is 10.2 Å². The molecular formula is C14H27N3. The van der Waals surface area contributed by atoms with Gasteiger partial charge >= 0.3 is 0 Å². The number of rotatable bonds is 6. The summed E-state index contributed by atoms with van der Waals surface area (Å²) in [4.78, 5) is 2.53. The second kappa shape index (κ2) is 6.98. The van der Waals surface area contributed by atoms with E-state index in [1.165, 1.54) is 32.4 Å². The van der Waals surface area contributed by atoms with Gasteiger partial charge in [0.25, 0.3) is 0 Å². The van der Waals surface area contributed by atoms with Crippen LogP contribution in [0.15, 0.2) is 0 Å². The van der Waals surface area contributed by atoms with Crippen LogP contribution in [0.1, 0.15) is 52.9 Å². The Hall–Kier alpha value is -0.590. The molecule has 0 aromatic rings. The molecule has 1 heterocycles. The standard InChI is InChI=1S/C14H27N3/c1-4-8-16-14(3,12-15)11-13(2)17-9-6-5-7-10-17/h13,16H,4-11H2,1-3H3. The lowest BCUT2D eigenvalue weighted by Gasteiger charge is -2.36. The summed E-state index contributed by atoms with van der Waals surface area (Å²) in [6.45, 7) is 9.76. The smallest absolute Gasteiger partial charge is 0.105 e. The molecule has 0 saturated carbocycles. The molecule has 0 radical (unpaired) electrons. The fourth-order valence-corrected chi connectivity index (χ4v) is 2.64. The Balaban J connectivity index is 2.46. The summed E-state index contributed by atoms with van der Waals surface area (Å²) in [6.07, 6.45) is 6.00. The van der Waals surface area contributed by atoms with Gasteiger partial charge in [-0.05, 0) is 59.2 Å². The third kappa shape index (κ3) is 4.65. The molecule has 17 heavy (non-hydrogen) atoms. The summed E-state index contributed by atoms with van der Waals surface area (Å²) in [5.41, 5.74) is -0.368. The molecule has 1 fully saturated rings. The van der Waals surface area contributed by atoms with Gasteiger partial charge in [0, 0.05) is 6.04 Å². The first-order valence-electron chi connectivity index (χ1n) is 7.01. The Kier molecular flexibility index (Phi) is 5.94. The van der Waals surface area contributed by atoms with E-state index >= 15 is 0 Å². The van der Waals surface area contributed by atoms with Crippen molar-refractivity contribution in [1.29, 1.82) is 5.26 Å². The van der Waals surface area contributed by atoms with E-state index in [2.05, 4.69) is 30.1 Å². The zero-order valence-electron chi connectivity index (χ0n) is 11.6. The van der Waals surface area contributed by atoms with Crippen molar-refractivity contribution in [2.75, 3.05) is 19.6 Å². The van der Waals surface area contributed by atoms with Crippen LogP contribution in [0.4, 0.5) is 0 Å². The summed E-state index contributed by atoms with van der Waals surface area (Å²) in [6, 6.07) is 2.95. The van der Waals surface area contributed by atoms with Gasteiger partial charge in [-0.25, -0.2) is 0 Å². The molecule has 0 bridgehead atoms. The van der Waals surface area contributed by atoms with E-state index < -0.39 is 0 Å². The SMILES string of the molecule is CCCNC(C)(C#N)CC(C)N1CCCCC1. The zero-order chi connectivity index (χ0) is 12.7. The number of hydrogen-bond donors (Lipinski definition) is 1. The minimum absolute atomic E-state index is 0.368. The van der Waals surface area contributed by atoms with Crippen LogP contribution in [0.3, 0.4) is 0 Å². The van der Waals surface area contributed by atoms with Gasteiger partial charge in [0.15, 0.2) is 0 Å². The molecule has 1 rings (SSSR count). The van der Waals surface area contributed by atoms with Gasteiger partial charge in [-0.2, -0.15) is 5.26 Å². The van der Waals surface area contributed by atoms with Crippen LogP contribution in [-0.4, -0.2) is 36.1 Å². The van der Waals surface area contributed by atoms with Crippen molar-refractivity contribution in [2.24, 2.45) is 0 Å². The van der Waals surface area contributed by atoms with Crippen LogP contribution in [0.25, 0.3) is 0 Å². The van der Waals surface area contributed by atoms with Gasteiger partial charge in [-0.1, -0.05) is 13.3 Å². The van der Waals surface area contributed by atoms with E-state index in [9.17, 15) is 5.26 Å². The van der Waals surface area contributed by atoms with E-state index in [0.717, 1.165) is 19.4 Å². The maximum atomic E-state index is 9.33. The molecule has 0 amide bonds. The topological polar surface area (TPSA) is 39.1 Å². The van der Waals surface area contributed by atoms with Gasteiger partial charge in [0.1, 0.15) is 5.54 Å². The van der Waals surface area contributed by atoms with Crippen molar-refractivity contribution in [3.8, 4) is 6.07 Å². The molecule has 98 valence electrons. The summed E-state index contributed by atoms with van der Waals surface area (Å²) < 4.78 is 0. The van der Waals surface area contributed by atoms with Crippen molar-refractivity contribution >= 4 is 0 Å². The number of hydrogen-bond acceptors (Lipinski definition) is 3. The van der Waals surface area contributed by atoms with E-state index in [4.69, 9.17) is 0 Å². The number of piperidine rings is 1. The van der Waals surface area contributed by atoms with E-state index in [1.54, 1.807) is 0 Å². The Morgan fingerprint density at radius 1 is 1.35 bits per heavy atom. The number of nitrogens with one attached hydrogen (secondary N) is 1. The molecule has 3 nitrogen and oxygen atoms in total. The quantitative estimate of drug-likeness (QED) is 0.771. The van der Waals surface area contributed by atoms with Crippen molar-refractivity contribution < 1.29 is 0 Å². The normalized spacial score (nSPS) is 22.7. The third-order valence-corrected chi connectivity index (χ3v) is 3.73. The summed E-state index contributed by atoms with van der Waals surface area (Å²) in [5, 5.41) is 12.7. The van der Waals surface area contributed by atoms with Crippen LogP contribution in [0, 0.1) is 11.3 Å². The minimum atomic E-state index is -0.368. The van der Waals surface area contributed by atoms with Crippen LogP contribution in [-0.2, 0) is 0 Å². The van der Waals surface area contributed by atoms with Crippen LogP contribution >= 0.6 is 0 Å². The first kappa shape index (κ1) is 14.5. The fraction of sp³-hybridized carbons (Fsp3) is 0.929. The van der Waals surface area contributed by atoms with Crippen LogP contribution in [0.2, 0.25) is 0 Å². The fourth-order valence-electron chi connectivity index (χ4n) is 2.64. The molecule has 1 saturated heterocycles. The lowest BCUT2D eigenvalue weighted by Crippen LogP contribution is -2.48. The van der Waals surface area contributed by atoms with Gasteiger partial charge < -0.3 is 4.90 Å². The highest BCUT2D eigenvalue weighted by atomic mass is 15.2. The highest BCUT2D eigenvalue weighted by Gasteiger charge is 2.28. The van der Waals surface area contributed by atoms with Gasteiger partial charge in [-0.3, -0.25) is 5.32 Å². The molecule has 0 spiro atoms. The molecule has 1 aliphatic heterocycles. The van der Waals surface area contributed by atoms with E-state index in [-0.39, 0.29) is 5.54 Å². The predicted molar refractivity (Wildman–Crippen MR) is 71.8 cm³/mol. The number of nitriles is 1. The molecule has 2 unspecified atom stereocenters. The largest absolute Gasteiger partial charge is 0.301 e. The predicted octanol–water partition coefficient (Wildman–Crippen LogP) is 2.53. The first-order chi connectivity index (χ1) is 8.11. The molecule has 1 N–H and O–H groups in total. The van der Waals surface area contributed by atoms with E-state index in [0.29, 0.717) is 6.04 Å². The average Bonchev–Trinajstić information content (AvgIpc) is 2.37. The Bertz CT molecular complexity index is 253. The number of nitrogens with zero attached hydrogens (tertiary/aromatic N) is 2. The summed E-state index contributed by atoms with van der Waals surface area (Å²) >= 11 is 0. The third-order valence-electron chi connectivity index (χ3n) is 3.73. The molecule has 1 aliphatic rings. The maximum Gasteiger partial charge on any atom is 0.105 e. The zero-order valence-corrected chi connectivity index (χ0v) is 11.6. The lowest BCUT2D eigenvalue weighted by molar-refractivity contribution is 0.149. The Morgan fingerprint density at radius 2 is 2.00 bits per heavy atom. The van der Waals surface area contributed by atoms with Crippen LogP contribution in [0.5, 0.6) is 0 Å². The van der Waals surface area contributed by atoms with Crippen molar-refractivity contribution in [3.05, 3.63) is 0 Å². The highest BCUT2D eigenvalue weighted by Crippen LogP contribution is 2.19. The monoisotopic (exact) mass is 237 g/mol. The average molecular weight is 237 g/mol. The van der Waals surface area contributed by atoms with Gasteiger partial charge in [0.2, 0.25) is 0 Å². The lowest BCUT2D eigenvalue weighted by atomic mass is 9.93. The molecule has 0 aromatic carbocycles. The second-order valence-electron chi connectivity index (χ2n) is 5.52. The van der Waals surface area contributed by atoms with Crippen molar-refractivity contribution in [3.63, 3.8) is 0 Å². The van der Waals surface area contributed by atoms with E-state index in [1.807, 2.05) is 6.92 Å². The van der Waals surface area contributed by atoms with Gasteiger partial charge in [-0.15, -0.1) is 0 Å². The second-order valence-corrected chi connectivity index (χ2v) is 5.52. The molecule has 3 heteroatoms.